The molecule has 25 heavy (non-hydrogen) atoms. The molecular weight excluding hydrogens is 320 g/mol. The van der Waals surface area contributed by atoms with Gasteiger partial charge in [-0.15, -0.1) is 0 Å². The van der Waals surface area contributed by atoms with Crippen molar-refractivity contribution in [2.75, 3.05) is 18.2 Å². The topological polar surface area (TPSA) is 67.9 Å². The molecule has 1 aliphatic heterocycles. The van der Waals surface area contributed by atoms with Crippen molar-refractivity contribution in [1.29, 1.82) is 0 Å². The van der Waals surface area contributed by atoms with Crippen molar-refractivity contribution in [2.24, 2.45) is 0 Å². The molecule has 0 bridgehead atoms. The maximum atomic E-state index is 12.4. The Morgan fingerprint density at radius 2 is 1.84 bits per heavy atom. The van der Waals surface area contributed by atoms with Gasteiger partial charge in [0.1, 0.15) is 6.54 Å². The number of hydrogen-bond donors (Lipinski definition) is 1. The summed E-state index contributed by atoms with van der Waals surface area (Å²) in [5.74, 6) is 0.752. The van der Waals surface area contributed by atoms with Crippen molar-refractivity contribution < 1.29 is 19.1 Å². The molecule has 1 aliphatic rings. The Bertz CT molecular complexity index is 776. The number of nitrogens with zero attached hydrogens (tertiary/aromatic N) is 1. The standard InChI is InChI=1S/C19H20N2O4/c1-13(15-6-4-3-5-7-15)20-19(23)11-21(14(2)22)16-8-9-17-18(10-16)25-12-24-17/h3-10,13H,11-12H2,1-2H3,(H,20,23). The van der Waals surface area contributed by atoms with Crippen LogP contribution in [0.5, 0.6) is 11.5 Å². The predicted octanol–water partition coefficient (Wildman–Crippen LogP) is 2.65. The van der Waals surface area contributed by atoms with E-state index in [4.69, 9.17) is 9.47 Å². The van der Waals surface area contributed by atoms with Gasteiger partial charge < -0.3 is 19.7 Å². The maximum absolute atomic E-state index is 12.4. The molecule has 2 amide bonds. The number of hydrogen-bond acceptors (Lipinski definition) is 4. The van der Waals surface area contributed by atoms with Gasteiger partial charge in [0.2, 0.25) is 18.6 Å². The molecule has 0 saturated carbocycles. The zero-order chi connectivity index (χ0) is 17.8. The fourth-order valence-electron chi connectivity index (χ4n) is 2.69. The van der Waals surface area contributed by atoms with Crippen LogP contribution in [-0.2, 0) is 9.59 Å². The summed E-state index contributed by atoms with van der Waals surface area (Å²) in [5, 5.41) is 2.91. The average Bonchev–Trinajstić information content (AvgIpc) is 3.07. The smallest absolute Gasteiger partial charge is 0.240 e. The van der Waals surface area contributed by atoms with Crippen LogP contribution in [0, 0.1) is 0 Å². The summed E-state index contributed by atoms with van der Waals surface area (Å²) in [4.78, 5) is 25.8. The molecule has 0 spiro atoms. The highest BCUT2D eigenvalue weighted by Gasteiger charge is 2.21. The highest BCUT2D eigenvalue weighted by Crippen LogP contribution is 2.35. The molecule has 2 aromatic carbocycles. The van der Waals surface area contributed by atoms with Crippen molar-refractivity contribution in [3.8, 4) is 11.5 Å². The first-order valence-corrected chi connectivity index (χ1v) is 8.06. The number of nitrogens with one attached hydrogen (secondary N) is 1. The first-order chi connectivity index (χ1) is 12.0. The first-order valence-electron chi connectivity index (χ1n) is 8.06. The Labute approximate surface area is 146 Å². The van der Waals surface area contributed by atoms with E-state index >= 15 is 0 Å². The van der Waals surface area contributed by atoms with E-state index < -0.39 is 0 Å². The zero-order valence-electron chi connectivity index (χ0n) is 14.2. The van der Waals surface area contributed by atoms with Gasteiger partial charge in [0.25, 0.3) is 0 Å². The van der Waals surface area contributed by atoms with Crippen LogP contribution in [0.1, 0.15) is 25.5 Å². The summed E-state index contributed by atoms with van der Waals surface area (Å²) >= 11 is 0. The monoisotopic (exact) mass is 340 g/mol. The molecule has 0 aliphatic carbocycles. The fourth-order valence-corrected chi connectivity index (χ4v) is 2.69. The molecule has 3 rings (SSSR count). The van der Waals surface area contributed by atoms with E-state index in [9.17, 15) is 9.59 Å². The molecule has 1 N–H and O–H groups in total. The van der Waals surface area contributed by atoms with Gasteiger partial charge in [-0.1, -0.05) is 30.3 Å². The fraction of sp³-hybridized carbons (Fsp3) is 0.263. The number of anilines is 1. The average molecular weight is 340 g/mol. The Kier molecular flexibility index (Phi) is 4.88. The van der Waals surface area contributed by atoms with Gasteiger partial charge in [-0.2, -0.15) is 0 Å². The van der Waals surface area contributed by atoms with Gasteiger partial charge in [-0.25, -0.2) is 0 Å². The molecule has 1 heterocycles. The minimum absolute atomic E-state index is 0.0633. The Balaban J connectivity index is 1.69. The van der Waals surface area contributed by atoms with Crippen LogP contribution in [0.15, 0.2) is 48.5 Å². The Hall–Kier alpha value is -3.02. The number of benzene rings is 2. The number of carbonyl (C=O) groups is 2. The van der Waals surface area contributed by atoms with Crippen molar-refractivity contribution in [3.63, 3.8) is 0 Å². The van der Waals surface area contributed by atoms with Gasteiger partial charge in [0.05, 0.1) is 6.04 Å². The van der Waals surface area contributed by atoms with Crippen molar-refractivity contribution in [3.05, 3.63) is 54.1 Å². The van der Waals surface area contributed by atoms with E-state index in [-0.39, 0.29) is 31.2 Å². The second kappa shape index (κ2) is 7.25. The van der Waals surface area contributed by atoms with Crippen LogP contribution in [0.25, 0.3) is 0 Å². The van der Waals surface area contributed by atoms with Gasteiger partial charge in [0, 0.05) is 18.7 Å². The lowest BCUT2D eigenvalue weighted by molar-refractivity contribution is -0.123. The first kappa shape index (κ1) is 16.8. The van der Waals surface area contributed by atoms with E-state index in [0.717, 1.165) is 5.56 Å². The summed E-state index contributed by atoms with van der Waals surface area (Å²) in [5.41, 5.74) is 1.60. The van der Waals surface area contributed by atoms with Crippen LogP contribution in [0.4, 0.5) is 5.69 Å². The van der Waals surface area contributed by atoms with Gasteiger partial charge in [-0.05, 0) is 24.6 Å². The van der Waals surface area contributed by atoms with E-state index in [1.54, 1.807) is 18.2 Å². The highest BCUT2D eigenvalue weighted by molar-refractivity contribution is 5.97. The lowest BCUT2D eigenvalue weighted by Crippen LogP contribution is -2.40. The molecule has 0 fully saturated rings. The molecule has 6 heteroatoms. The third kappa shape index (κ3) is 3.91. The molecule has 2 aromatic rings. The largest absolute Gasteiger partial charge is 0.454 e. The summed E-state index contributed by atoms with van der Waals surface area (Å²) in [6.07, 6.45) is 0. The Morgan fingerprint density at radius 1 is 1.12 bits per heavy atom. The molecule has 0 radical (unpaired) electrons. The summed E-state index contributed by atoms with van der Waals surface area (Å²) in [6, 6.07) is 14.7. The van der Waals surface area contributed by atoms with Crippen LogP contribution < -0.4 is 19.7 Å². The summed E-state index contributed by atoms with van der Waals surface area (Å²) in [6.45, 7) is 3.44. The Morgan fingerprint density at radius 3 is 2.56 bits per heavy atom. The van der Waals surface area contributed by atoms with Crippen LogP contribution in [-0.4, -0.2) is 25.2 Å². The van der Waals surface area contributed by atoms with Crippen molar-refractivity contribution >= 4 is 17.5 Å². The second-order valence-corrected chi connectivity index (χ2v) is 5.84. The molecule has 130 valence electrons. The molecule has 1 unspecified atom stereocenters. The van der Waals surface area contributed by atoms with Gasteiger partial charge in [-0.3, -0.25) is 9.59 Å². The number of rotatable bonds is 5. The van der Waals surface area contributed by atoms with E-state index in [0.29, 0.717) is 17.2 Å². The van der Waals surface area contributed by atoms with Crippen LogP contribution in [0.3, 0.4) is 0 Å². The molecular formula is C19H20N2O4. The third-order valence-corrected chi connectivity index (χ3v) is 4.03. The number of ether oxygens (including phenoxy) is 2. The van der Waals surface area contributed by atoms with Gasteiger partial charge in [0.15, 0.2) is 11.5 Å². The lowest BCUT2D eigenvalue weighted by Gasteiger charge is -2.22. The quantitative estimate of drug-likeness (QED) is 0.909. The summed E-state index contributed by atoms with van der Waals surface area (Å²) < 4.78 is 10.6. The second-order valence-electron chi connectivity index (χ2n) is 5.84. The van der Waals surface area contributed by atoms with Gasteiger partial charge >= 0.3 is 0 Å². The third-order valence-electron chi connectivity index (χ3n) is 4.03. The molecule has 1 atom stereocenters. The van der Waals surface area contributed by atoms with Crippen molar-refractivity contribution in [1.82, 2.24) is 5.32 Å². The zero-order valence-corrected chi connectivity index (χ0v) is 14.2. The number of amides is 2. The van der Waals surface area contributed by atoms with E-state index in [1.165, 1.54) is 11.8 Å². The SMILES string of the molecule is CC(=O)N(CC(=O)NC(C)c1ccccc1)c1ccc2c(c1)OCO2. The van der Waals surface area contributed by atoms with E-state index in [2.05, 4.69) is 5.32 Å². The highest BCUT2D eigenvalue weighted by atomic mass is 16.7. The molecule has 6 nitrogen and oxygen atoms in total. The van der Waals surface area contributed by atoms with E-state index in [1.807, 2.05) is 37.3 Å². The lowest BCUT2D eigenvalue weighted by atomic mass is 10.1. The minimum Gasteiger partial charge on any atom is -0.454 e. The summed E-state index contributed by atoms with van der Waals surface area (Å²) in [7, 11) is 0. The molecule has 0 aromatic heterocycles. The number of carbonyl (C=O) groups excluding carboxylic acids is 2. The van der Waals surface area contributed by atoms with Crippen molar-refractivity contribution in [2.45, 2.75) is 19.9 Å². The number of fused-ring (bicyclic) bond motifs is 1. The normalized spacial score (nSPS) is 13.2. The predicted molar refractivity (Wildman–Crippen MR) is 93.6 cm³/mol. The molecule has 0 saturated heterocycles. The minimum atomic E-state index is -0.232. The maximum Gasteiger partial charge on any atom is 0.240 e. The van der Waals surface area contributed by atoms with Crippen LogP contribution >= 0.6 is 0 Å². The van der Waals surface area contributed by atoms with Crippen LogP contribution in [0.2, 0.25) is 0 Å².